The Bertz CT molecular complexity index is 663. The molecule has 3 aromatic rings. The first-order chi connectivity index (χ1) is 9.40. The van der Waals surface area contributed by atoms with Crippen LogP contribution in [-0.4, -0.2) is 16.5 Å². The van der Waals surface area contributed by atoms with E-state index in [1.165, 1.54) is 15.6 Å². The Morgan fingerprint density at radius 1 is 1.16 bits per heavy atom. The van der Waals surface area contributed by atoms with Gasteiger partial charge in [0.05, 0.1) is 6.04 Å². The molecule has 0 aliphatic carbocycles. The van der Waals surface area contributed by atoms with Gasteiger partial charge in [0.1, 0.15) is 5.82 Å². The summed E-state index contributed by atoms with van der Waals surface area (Å²) < 4.78 is 1.31. The highest BCUT2D eigenvalue weighted by atomic mass is 32.1. The first kappa shape index (κ1) is 12.3. The first-order valence-corrected chi connectivity index (χ1v) is 7.24. The predicted molar refractivity (Wildman–Crippen MR) is 79.4 cm³/mol. The molecule has 2 aromatic heterocycles. The molecule has 3 nitrogen and oxygen atoms in total. The van der Waals surface area contributed by atoms with Crippen LogP contribution in [0.1, 0.15) is 24.4 Å². The van der Waals surface area contributed by atoms with Crippen LogP contribution in [0.15, 0.2) is 48.1 Å². The molecule has 0 amide bonds. The van der Waals surface area contributed by atoms with Crippen molar-refractivity contribution in [3.8, 4) is 0 Å². The molecule has 0 bridgehead atoms. The summed E-state index contributed by atoms with van der Waals surface area (Å²) in [7, 11) is 0. The van der Waals surface area contributed by atoms with Crippen molar-refractivity contribution in [1.82, 2.24) is 15.3 Å². The minimum absolute atomic E-state index is 0.0496. The van der Waals surface area contributed by atoms with Crippen LogP contribution >= 0.6 is 11.3 Å². The van der Waals surface area contributed by atoms with E-state index in [2.05, 4.69) is 51.9 Å². The Balaban J connectivity index is 2.12. The smallest absolute Gasteiger partial charge is 0.149 e. The molecule has 96 valence electrons. The summed E-state index contributed by atoms with van der Waals surface area (Å²) in [4.78, 5) is 8.79. The molecule has 0 saturated heterocycles. The van der Waals surface area contributed by atoms with E-state index >= 15 is 0 Å². The average molecular weight is 269 g/mol. The van der Waals surface area contributed by atoms with E-state index in [0.29, 0.717) is 0 Å². The van der Waals surface area contributed by atoms with Crippen LogP contribution in [0.2, 0.25) is 0 Å². The van der Waals surface area contributed by atoms with Gasteiger partial charge < -0.3 is 5.32 Å². The molecule has 1 unspecified atom stereocenters. The minimum Gasteiger partial charge on any atom is -0.304 e. The summed E-state index contributed by atoms with van der Waals surface area (Å²) in [6.45, 7) is 2.98. The number of thiophene rings is 1. The van der Waals surface area contributed by atoms with Crippen molar-refractivity contribution in [3.05, 3.63) is 59.5 Å². The van der Waals surface area contributed by atoms with Crippen LogP contribution in [0.3, 0.4) is 0 Å². The molecule has 0 aliphatic heterocycles. The van der Waals surface area contributed by atoms with Crippen molar-refractivity contribution >= 4 is 21.4 Å². The number of hydrogen-bond donors (Lipinski definition) is 1. The van der Waals surface area contributed by atoms with Gasteiger partial charge in [0.25, 0.3) is 0 Å². The third-order valence-corrected chi connectivity index (χ3v) is 4.05. The highest BCUT2D eigenvalue weighted by molar-refractivity contribution is 7.17. The molecule has 2 heterocycles. The fraction of sp³-hybridized carbons (Fsp3) is 0.200. The summed E-state index contributed by atoms with van der Waals surface area (Å²) >= 11 is 1.77. The summed E-state index contributed by atoms with van der Waals surface area (Å²) in [6.07, 6.45) is 3.59. The van der Waals surface area contributed by atoms with Crippen molar-refractivity contribution < 1.29 is 0 Å². The van der Waals surface area contributed by atoms with Gasteiger partial charge in [0.2, 0.25) is 0 Å². The molecule has 0 radical (unpaired) electrons. The Morgan fingerprint density at radius 2 is 2.00 bits per heavy atom. The van der Waals surface area contributed by atoms with Gasteiger partial charge in [-0.3, -0.25) is 0 Å². The summed E-state index contributed by atoms with van der Waals surface area (Å²) in [5, 5.41) is 6.89. The van der Waals surface area contributed by atoms with E-state index in [-0.39, 0.29) is 6.04 Å². The second kappa shape index (κ2) is 5.47. The Hall–Kier alpha value is -1.78. The van der Waals surface area contributed by atoms with Gasteiger partial charge in [-0.25, -0.2) is 9.97 Å². The topological polar surface area (TPSA) is 37.8 Å². The maximum Gasteiger partial charge on any atom is 0.149 e. The number of aromatic nitrogens is 2. The van der Waals surface area contributed by atoms with Gasteiger partial charge >= 0.3 is 0 Å². The zero-order valence-corrected chi connectivity index (χ0v) is 11.5. The van der Waals surface area contributed by atoms with Crippen LogP contribution in [0.25, 0.3) is 10.1 Å². The normalized spacial score (nSPS) is 12.7. The number of hydrogen-bond acceptors (Lipinski definition) is 4. The SMILES string of the molecule is CCNC(c1ncccn1)c1cccc2ccsc12. The third-order valence-electron chi connectivity index (χ3n) is 3.07. The van der Waals surface area contributed by atoms with Crippen LogP contribution in [0, 0.1) is 0 Å². The van der Waals surface area contributed by atoms with Crippen molar-refractivity contribution in [1.29, 1.82) is 0 Å². The molecule has 0 aliphatic rings. The molecule has 1 atom stereocenters. The molecular formula is C15H15N3S. The van der Waals surface area contributed by atoms with Gasteiger partial charge in [0, 0.05) is 17.1 Å². The highest BCUT2D eigenvalue weighted by Crippen LogP contribution is 2.30. The Labute approximate surface area is 116 Å². The first-order valence-electron chi connectivity index (χ1n) is 6.36. The van der Waals surface area contributed by atoms with Crippen LogP contribution in [0.5, 0.6) is 0 Å². The number of benzene rings is 1. The second-order valence-electron chi connectivity index (χ2n) is 4.28. The standard InChI is InChI=1S/C15H15N3S/c1-2-16-13(15-17-8-4-9-18-15)12-6-3-5-11-7-10-19-14(11)12/h3-10,13,16H,2H2,1H3. The average Bonchev–Trinajstić information content (AvgIpc) is 2.94. The minimum atomic E-state index is 0.0496. The van der Waals surface area contributed by atoms with Gasteiger partial charge in [-0.1, -0.05) is 25.1 Å². The Morgan fingerprint density at radius 3 is 2.79 bits per heavy atom. The lowest BCUT2D eigenvalue weighted by molar-refractivity contribution is 0.601. The predicted octanol–water partition coefficient (Wildman–Crippen LogP) is 3.39. The molecule has 19 heavy (non-hydrogen) atoms. The quantitative estimate of drug-likeness (QED) is 0.789. The number of fused-ring (bicyclic) bond motifs is 1. The van der Waals surface area contributed by atoms with E-state index in [0.717, 1.165) is 12.4 Å². The molecular weight excluding hydrogens is 254 g/mol. The van der Waals surface area contributed by atoms with Gasteiger partial charge in [-0.05, 0) is 35.0 Å². The lowest BCUT2D eigenvalue weighted by atomic mass is 10.0. The van der Waals surface area contributed by atoms with E-state index in [4.69, 9.17) is 0 Å². The maximum atomic E-state index is 4.40. The summed E-state index contributed by atoms with van der Waals surface area (Å²) in [6, 6.07) is 10.4. The fourth-order valence-electron chi connectivity index (χ4n) is 2.25. The van der Waals surface area contributed by atoms with Crippen molar-refractivity contribution in [3.63, 3.8) is 0 Å². The molecule has 1 N–H and O–H groups in total. The lowest BCUT2D eigenvalue weighted by Crippen LogP contribution is -2.23. The molecule has 0 fully saturated rings. The largest absolute Gasteiger partial charge is 0.304 e. The van der Waals surface area contributed by atoms with E-state index < -0.39 is 0 Å². The second-order valence-corrected chi connectivity index (χ2v) is 5.20. The summed E-state index contributed by atoms with van der Waals surface area (Å²) in [5.41, 5.74) is 1.25. The van der Waals surface area contributed by atoms with Crippen LogP contribution in [-0.2, 0) is 0 Å². The van der Waals surface area contributed by atoms with Gasteiger partial charge in [0.15, 0.2) is 0 Å². The fourth-order valence-corrected chi connectivity index (χ4v) is 3.19. The summed E-state index contributed by atoms with van der Waals surface area (Å²) in [5.74, 6) is 0.824. The number of nitrogens with zero attached hydrogens (tertiary/aromatic N) is 2. The number of rotatable bonds is 4. The van der Waals surface area contributed by atoms with Crippen LogP contribution < -0.4 is 5.32 Å². The molecule has 0 spiro atoms. The highest BCUT2D eigenvalue weighted by Gasteiger charge is 2.18. The maximum absolute atomic E-state index is 4.40. The van der Waals surface area contributed by atoms with Crippen molar-refractivity contribution in [2.75, 3.05) is 6.54 Å². The molecule has 0 saturated carbocycles. The third kappa shape index (κ3) is 2.37. The van der Waals surface area contributed by atoms with E-state index in [1.807, 2.05) is 6.07 Å². The number of nitrogens with one attached hydrogen (secondary N) is 1. The zero-order chi connectivity index (χ0) is 13.1. The van der Waals surface area contributed by atoms with E-state index in [1.54, 1.807) is 23.7 Å². The van der Waals surface area contributed by atoms with Crippen molar-refractivity contribution in [2.45, 2.75) is 13.0 Å². The van der Waals surface area contributed by atoms with E-state index in [9.17, 15) is 0 Å². The zero-order valence-electron chi connectivity index (χ0n) is 10.7. The van der Waals surface area contributed by atoms with Crippen LogP contribution in [0.4, 0.5) is 0 Å². The lowest BCUT2D eigenvalue weighted by Gasteiger charge is -2.17. The molecule has 1 aromatic carbocycles. The van der Waals surface area contributed by atoms with Gasteiger partial charge in [-0.15, -0.1) is 11.3 Å². The molecule has 3 rings (SSSR count). The van der Waals surface area contributed by atoms with Gasteiger partial charge in [-0.2, -0.15) is 0 Å². The monoisotopic (exact) mass is 269 g/mol. The molecule has 4 heteroatoms. The Kier molecular flexibility index (Phi) is 3.53. The van der Waals surface area contributed by atoms with Crippen molar-refractivity contribution in [2.24, 2.45) is 0 Å².